The number of hydrogen-bond donors (Lipinski definition) is 1. The smallest absolute Gasteiger partial charge is 0.241 e. The van der Waals surface area contributed by atoms with Gasteiger partial charge >= 0.3 is 0 Å². The van der Waals surface area contributed by atoms with Crippen LogP contribution in [0, 0.1) is 11.8 Å². The van der Waals surface area contributed by atoms with Gasteiger partial charge < -0.3 is 14.6 Å². The van der Waals surface area contributed by atoms with Gasteiger partial charge in [0.05, 0.1) is 37.3 Å². The normalized spacial score (nSPS) is 32.4. The number of rotatable bonds is 4. The minimum Gasteiger partial charge on any atom is -0.495 e. The fourth-order valence-corrected chi connectivity index (χ4v) is 4.01. The molecule has 2 fully saturated rings. The molecule has 0 unspecified atom stereocenters. The van der Waals surface area contributed by atoms with Crippen molar-refractivity contribution in [3.8, 4) is 5.75 Å². The number of aliphatic hydroxyl groups is 1. The van der Waals surface area contributed by atoms with Crippen molar-refractivity contribution in [3.05, 3.63) is 35.9 Å². The van der Waals surface area contributed by atoms with Crippen LogP contribution in [0.15, 0.2) is 30.4 Å². The van der Waals surface area contributed by atoms with E-state index in [9.17, 15) is 19.5 Å². The summed E-state index contributed by atoms with van der Waals surface area (Å²) >= 11 is 0. The molecule has 130 valence electrons. The van der Waals surface area contributed by atoms with Crippen molar-refractivity contribution in [2.45, 2.75) is 18.6 Å². The molecule has 3 aliphatic rings. The predicted octanol–water partition coefficient (Wildman–Crippen LogP) is 0.703. The molecule has 1 aromatic carbocycles. The van der Waals surface area contributed by atoms with E-state index >= 15 is 0 Å². The minimum absolute atomic E-state index is 0.180. The third-order valence-electron chi connectivity index (χ3n) is 5.23. The second-order valence-electron chi connectivity index (χ2n) is 6.51. The van der Waals surface area contributed by atoms with Crippen LogP contribution in [0.5, 0.6) is 5.75 Å². The summed E-state index contributed by atoms with van der Waals surface area (Å²) in [6.45, 7) is 1.03. The first-order valence-electron chi connectivity index (χ1n) is 7.98. The van der Waals surface area contributed by atoms with E-state index in [0.29, 0.717) is 11.3 Å². The van der Waals surface area contributed by atoms with E-state index in [4.69, 9.17) is 9.47 Å². The number of aliphatic hydroxyl groups excluding tert-OH is 1. The van der Waals surface area contributed by atoms with E-state index in [2.05, 4.69) is 0 Å². The Bertz CT molecular complexity index is 831. The molecule has 2 amide bonds. The summed E-state index contributed by atoms with van der Waals surface area (Å²) in [4.78, 5) is 38.8. The zero-order valence-electron chi connectivity index (χ0n) is 13.8. The highest BCUT2D eigenvalue weighted by Gasteiger charge is 2.67. The second-order valence-corrected chi connectivity index (χ2v) is 6.51. The van der Waals surface area contributed by atoms with Crippen molar-refractivity contribution in [2.75, 3.05) is 18.6 Å². The largest absolute Gasteiger partial charge is 0.495 e. The van der Waals surface area contributed by atoms with Crippen LogP contribution in [0.25, 0.3) is 0 Å². The van der Waals surface area contributed by atoms with E-state index in [1.807, 2.05) is 0 Å². The molecule has 0 aromatic heterocycles. The van der Waals surface area contributed by atoms with Crippen LogP contribution < -0.4 is 9.64 Å². The van der Waals surface area contributed by atoms with Gasteiger partial charge in [0.25, 0.3) is 0 Å². The highest BCUT2D eigenvalue weighted by Crippen LogP contribution is 2.53. The number of Topliss-reactive ketones (excluding diaryl/α,β-unsaturated/α-hetero) is 1. The topological polar surface area (TPSA) is 93.1 Å². The SMILES string of the molecule is COc1ccc(C(C)=O)cc1N1C(=O)[C@H]2[C@H]3C=C[C@@](CO)(O3)[C@H]2C1=O. The average Bonchev–Trinajstić information content (AvgIpc) is 3.25. The number of nitrogens with zero attached hydrogens (tertiary/aromatic N) is 1. The molecule has 0 radical (unpaired) electrons. The lowest BCUT2D eigenvalue weighted by Gasteiger charge is -2.26. The van der Waals surface area contributed by atoms with Crippen LogP contribution in [0.4, 0.5) is 5.69 Å². The summed E-state index contributed by atoms with van der Waals surface area (Å²) < 4.78 is 11.0. The molecule has 4 atom stereocenters. The summed E-state index contributed by atoms with van der Waals surface area (Å²) in [6, 6.07) is 4.63. The predicted molar refractivity (Wildman–Crippen MR) is 86.3 cm³/mol. The average molecular weight is 343 g/mol. The van der Waals surface area contributed by atoms with Crippen molar-refractivity contribution in [2.24, 2.45) is 11.8 Å². The van der Waals surface area contributed by atoms with Gasteiger partial charge in [-0.2, -0.15) is 0 Å². The van der Waals surface area contributed by atoms with Crippen LogP contribution in [0.2, 0.25) is 0 Å². The van der Waals surface area contributed by atoms with E-state index in [-0.39, 0.29) is 18.1 Å². The number of anilines is 1. The first-order valence-corrected chi connectivity index (χ1v) is 7.98. The van der Waals surface area contributed by atoms with Crippen molar-refractivity contribution in [3.63, 3.8) is 0 Å². The van der Waals surface area contributed by atoms with Gasteiger partial charge in [-0.15, -0.1) is 0 Å². The number of ketones is 1. The Kier molecular flexibility index (Phi) is 3.35. The molecule has 2 bridgehead atoms. The Morgan fingerprint density at radius 2 is 2.12 bits per heavy atom. The lowest BCUT2D eigenvalue weighted by atomic mass is 9.77. The molecule has 2 saturated heterocycles. The maximum atomic E-state index is 13.0. The number of methoxy groups -OCH3 is 1. The highest BCUT2D eigenvalue weighted by atomic mass is 16.5. The van der Waals surface area contributed by atoms with E-state index < -0.39 is 35.4 Å². The zero-order valence-corrected chi connectivity index (χ0v) is 13.8. The molecule has 0 aliphatic carbocycles. The number of imide groups is 1. The van der Waals surface area contributed by atoms with Gasteiger partial charge in [0.15, 0.2) is 5.78 Å². The highest BCUT2D eigenvalue weighted by molar-refractivity contribution is 6.24. The molecular formula is C18H17NO6. The molecule has 7 heteroatoms. The standard InChI is InChI=1S/C18H17NO6/c1-9(21)10-3-4-12(24-2)11(7-10)19-16(22)14-13-5-6-18(8-20,25-13)15(14)17(19)23/h3-7,13-15,20H,8H2,1-2H3/t13-,14+,15-,18+/m1/s1. The van der Waals surface area contributed by atoms with Gasteiger partial charge in [-0.05, 0) is 25.1 Å². The Morgan fingerprint density at radius 1 is 1.36 bits per heavy atom. The molecule has 4 rings (SSSR count). The summed E-state index contributed by atoms with van der Waals surface area (Å²) in [6.07, 6.45) is 2.85. The number of amides is 2. The van der Waals surface area contributed by atoms with Crippen LogP contribution in [0.1, 0.15) is 17.3 Å². The Morgan fingerprint density at radius 3 is 2.76 bits per heavy atom. The molecule has 1 aromatic rings. The fraction of sp³-hybridized carbons (Fsp3) is 0.389. The molecule has 1 N–H and O–H groups in total. The molecule has 7 nitrogen and oxygen atoms in total. The zero-order chi connectivity index (χ0) is 17.9. The van der Waals surface area contributed by atoms with E-state index in [0.717, 1.165) is 4.90 Å². The van der Waals surface area contributed by atoms with Crippen molar-refractivity contribution < 1.29 is 29.0 Å². The van der Waals surface area contributed by atoms with Gasteiger partial charge in [0, 0.05) is 5.56 Å². The first-order chi connectivity index (χ1) is 11.9. The Hall–Kier alpha value is -2.51. The third kappa shape index (κ3) is 1.96. The minimum atomic E-state index is -1.15. The van der Waals surface area contributed by atoms with Crippen molar-refractivity contribution >= 4 is 23.3 Å². The van der Waals surface area contributed by atoms with E-state index in [1.54, 1.807) is 24.3 Å². The number of benzene rings is 1. The number of carbonyl (C=O) groups excluding carboxylic acids is 3. The van der Waals surface area contributed by atoms with Gasteiger partial charge in [-0.1, -0.05) is 12.2 Å². The van der Waals surface area contributed by atoms with Gasteiger partial charge in [0.1, 0.15) is 11.4 Å². The van der Waals surface area contributed by atoms with Gasteiger partial charge in [0.2, 0.25) is 11.8 Å². The molecule has 3 aliphatic heterocycles. The summed E-state index contributed by atoms with van der Waals surface area (Å²) in [5, 5.41) is 9.74. The quantitative estimate of drug-likeness (QED) is 0.491. The van der Waals surface area contributed by atoms with Crippen molar-refractivity contribution in [1.29, 1.82) is 0 Å². The Labute approximate surface area is 143 Å². The lowest BCUT2D eigenvalue weighted by Crippen LogP contribution is -2.43. The van der Waals surface area contributed by atoms with Crippen molar-refractivity contribution in [1.82, 2.24) is 0 Å². The number of hydrogen-bond acceptors (Lipinski definition) is 6. The third-order valence-corrected chi connectivity index (χ3v) is 5.23. The fourth-order valence-electron chi connectivity index (χ4n) is 4.01. The Balaban J connectivity index is 1.81. The maximum Gasteiger partial charge on any atom is 0.241 e. The summed E-state index contributed by atoms with van der Waals surface area (Å²) in [5.41, 5.74) is -0.530. The summed E-state index contributed by atoms with van der Waals surface area (Å²) in [5.74, 6) is -2.15. The van der Waals surface area contributed by atoms with Crippen LogP contribution in [-0.2, 0) is 14.3 Å². The molecular weight excluding hydrogens is 326 g/mol. The van der Waals surface area contributed by atoms with Gasteiger partial charge in [-0.3, -0.25) is 14.4 Å². The number of ether oxygens (including phenoxy) is 2. The van der Waals surface area contributed by atoms with Crippen LogP contribution in [-0.4, -0.2) is 48.1 Å². The number of fused-ring (bicyclic) bond motifs is 5. The van der Waals surface area contributed by atoms with Crippen LogP contribution in [0.3, 0.4) is 0 Å². The molecule has 0 spiro atoms. The van der Waals surface area contributed by atoms with Gasteiger partial charge in [-0.25, -0.2) is 4.90 Å². The first kappa shape index (κ1) is 16.0. The second kappa shape index (κ2) is 5.24. The molecule has 25 heavy (non-hydrogen) atoms. The van der Waals surface area contributed by atoms with Crippen LogP contribution >= 0.6 is 0 Å². The maximum absolute atomic E-state index is 13.0. The lowest BCUT2D eigenvalue weighted by molar-refractivity contribution is -0.128. The monoisotopic (exact) mass is 343 g/mol. The molecule has 0 saturated carbocycles. The summed E-state index contributed by atoms with van der Waals surface area (Å²) in [7, 11) is 1.43. The molecule has 3 heterocycles. The number of carbonyl (C=O) groups is 3. The van der Waals surface area contributed by atoms with E-state index in [1.165, 1.54) is 20.1 Å².